The van der Waals surface area contributed by atoms with Gasteiger partial charge in [0.2, 0.25) is 5.91 Å². The fourth-order valence-corrected chi connectivity index (χ4v) is 3.58. The van der Waals surface area contributed by atoms with Crippen LogP contribution in [0.5, 0.6) is 5.75 Å². The molecule has 0 spiro atoms. The van der Waals surface area contributed by atoms with E-state index >= 15 is 0 Å². The summed E-state index contributed by atoms with van der Waals surface area (Å²) >= 11 is 0. The van der Waals surface area contributed by atoms with Crippen molar-refractivity contribution in [2.45, 2.75) is 25.8 Å². The van der Waals surface area contributed by atoms with Crippen molar-refractivity contribution >= 4 is 5.91 Å². The van der Waals surface area contributed by atoms with Crippen LogP contribution >= 0.6 is 0 Å². The quantitative estimate of drug-likeness (QED) is 0.539. The third kappa shape index (κ3) is 5.01. The van der Waals surface area contributed by atoms with Crippen LogP contribution in [0.4, 0.5) is 0 Å². The maximum absolute atomic E-state index is 12.3. The third-order valence-electron chi connectivity index (χ3n) is 5.07. The van der Waals surface area contributed by atoms with Crippen LogP contribution in [0.2, 0.25) is 0 Å². The molecule has 0 aliphatic rings. The van der Waals surface area contributed by atoms with E-state index in [-0.39, 0.29) is 11.8 Å². The second-order valence-electron chi connectivity index (χ2n) is 6.92. The Bertz CT molecular complexity index is 877. The van der Waals surface area contributed by atoms with Crippen molar-refractivity contribution < 1.29 is 9.53 Å². The molecule has 0 aliphatic heterocycles. The normalized spacial score (nSPS) is 11.6. The molecule has 3 aromatic rings. The second kappa shape index (κ2) is 9.75. The van der Waals surface area contributed by atoms with Gasteiger partial charge in [0.15, 0.2) is 0 Å². The summed E-state index contributed by atoms with van der Waals surface area (Å²) in [6, 6.07) is 28.7. The first-order valence-corrected chi connectivity index (χ1v) is 9.66. The first-order chi connectivity index (χ1) is 13.7. The van der Waals surface area contributed by atoms with E-state index in [1.165, 1.54) is 5.56 Å². The van der Waals surface area contributed by atoms with Crippen molar-refractivity contribution in [1.82, 2.24) is 4.90 Å². The summed E-state index contributed by atoms with van der Waals surface area (Å²) in [4.78, 5) is 14.2. The third-order valence-corrected chi connectivity index (χ3v) is 5.07. The Morgan fingerprint density at radius 3 is 2.14 bits per heavy atom. The van der Waals surface area contributed by atoms with Crippen molar-refractivity contribution in [3.05, 3.63) is 102 Å². The van der Waals surface area contributed by atoms with Gasteiger partial charge >= 0.3 is 0 Å². The largest absolute Gasteiger partial charge is 0.496 e. The van der Waals surface area contributed by atoms with Crippen LogP contribution < -0.4 is 4.74 Å². The van der Waals surface area contributed by atoms with Gasteiger partial charge in [0.1, 0.15) is 5.75 Å². The number of hydrogen-bond donors (Lipinski definition) is 0. The van der Waals surface area contributed by atoms with E-state index in [1.807, 2.05) is 47.4 Å². The predicted octanol–water partition coefficient (Wildman–Crippen LogP) is 5.27. The Hall–Kier alpha value is -3.07. The topological polar surface area (TPSA) is 29.5 Å². The molecule has 0 N–H and O–H groups in total. The lowest BCUT2D eigenvalue weighted by Gasteiger charge is -2.26. The highest BCUT2D eigenvalue weighted by atomic mass is 16.5. The summed E-state index contributed by atoms with van der Waals surface area (Å²) in [5.41, 5.74) is 3.53. The second-order valence-corrected chi connectivity index (χ2v) is 6.92. The summed E-state index contributed by atoms with van der Waals surface area (Å²) in [6.45, 7) is 2.95. The van der Waals surface area contributed by atoms with E-state index in [1.54, 1.807) is 14.0 Å². The molecule has 0 aliphatic carbocycles. The number of carbonyl (C=O) groups excluding carboxylic acids is 1. The van der Waals surface area contributed by atoms with Gasteiger partial charge in [-0.15, -0.1) is 0 Å². The van der Waals surface area contributed by atoms with Crippen molar-refractivity contribution in [1.29, 1.82) is 0 Å². The number of ether oxygens (including phenoxy) is 1. The van der Waals surface area contributed by atoms with E-state index in [9.17, 15) is 4.79 Å². The molecule has 3 heteroatoms. The van der Waals surface area contributed by atoms with Crippen LogP contribution in [0.1, 0.15) is 36.0 Å². The van der Waals surface area contributed by atoms with Crippen LogP contribution in [0, 0.1) is 0 Å². The van der Waals surface area contributed by atoms with Crippen molar-refractivity contribution in [2.24, 2.45) is 0 Å². The molecule has 1 amide bonds. The lowest BCUT2D eigenvalue weighted by molar-refractivity contribution is -0.129. The van der Waals surface area contributed by atoms with Crippen molar-refractivity contribution in [3.8, 4) is 5.75 Å². The average Bonchev–Trinajstić information content (AvgIpc) is 2.74. The summed E-state index contributed by atoms with van der Waals surface area (Å²) in [5.74, 6) is 1.14. The van der Waals surface area contributed by atoms with Crippen molar-refractivity contribution in [3.63, 3.8) is 0 Å². The molecule has 1 atom stereocenters. The lowest BCUT2D eigenvalue weighted by atomic mass is 9.87. The fraction of sp³-hybridized carbons (Fsp3) is 0.240. The molecule has 0 heterocycles. The van der Waals surface area contributed by atoms with Gasteiger partial charge in [-0.1, -0.05) is 78.9 Å². The Labute approximate surface area is 167 Å². The maximum atomic E-state index is 12.3. The van der Waals surface area contributed by atoms with Gasteiger partial charge in [-0.2, -0.15) is 0 Å². The Balaban J connectivity index is 1.83. The van der Waals surface area contributed by atoms with Crippen LogP contribution in [0.3, 0.4) is 0 Å². The molecule has 28 heavy (non-hydrogen) atoms. The smallest absolute Gasteiger partial charge is 0.219 e. The van der Waals surface area contributed by atoms with Gasteiger partial charge in [0.25, 0.3) is 0 Å². The molecular formula is C25H27NO2. The molecule has 144 valence electrons. The molecule has 3 rings (SSSR count). The average molecular weight is 373 g/mol. The van der Waals surface area contributed by atoms with Gasteiger partial charge in [-0.3, -0.25) is 4.79 Å². The van der Waals surface area contributed by atoms with E-state index in [2.05, 4.69) is 42.5 Å². The Morgan fingerprint density at radius 1 is 0.893 bits per heavy atom. The first kappa shape index (κ1) is 19.7. The van der Waals surface area contributed by atoms with Crippen molar-refractivity contribution in [2.75, 3.05) is 13.7 Å². The van der Waals surface area contributed by atoms with Gasteiger partial charge in [-0.25, -0.2) is 0 Å². The molecule has 0 saturated heterocycles. The molecule has 0 aromatic heterocycles. The standard InChI is InChI=1S/C25H27NO2/c1-20(27)26(19-21-11-5-3-6-12-21)18-17-23(22-13-7-4-8-14-22)24-15-9-10-16-25(24)28-2/h3-16,23H,17-19H2,1-2H3. The zero-order valence-electron chi connectivity index (χ0n) is 16.5. The fourth-order valence-electron chi connectivity index (χ4n) is 3.58. The molecule has 0 bridgehead atoms. The predicted molar refractivity (Wildman–Crippen MR) is 113 cm³/mol. The van der Waals surface area contributed by atoms with Gasteiger partial charge in [0, 0.05) is 31.5 Å². The molecule has 0 fully saturated rings. The highest BCUT2D eigenvalue weighted by Gasteiger charge is 2.20. The number of methoxy groups -OCH3 is 1. The number of amides is 1. The summed E-state index contributed by atoms with van der Waals surface area (Å²) in [5, 5.41) is 0. The number of para-hydroxylation sites is 1. The van der Waals surface area contributed by atoms with Crippen LogP contribution in [0.25, 0.3) is 0 Å². The number of nitrogens with zero attached hydrogens (tertiary/aromatic N) is 1. The van der Waals surface area contributed by atoms with E-state index < -0.39 is 0 Å². The number of benzene rings is 3. The van der Waals surface area contributed by atoms with Crippen LogP contribution in [-0.4, -0.2) is 24.5 Å². The molecule has 0 radical (unpaired) electrons. The number of carbonyl (C=O) groups is 1. The minimum absolute atomic E-state index is 0.0932. The first-order valence-electron chi connectivity index (χ1n) is 9.66. The molecule has 3 aromatic carbocycles. The molecule has 1 unspecified atom stereocenters. The highest BCUT2D eigenvalue weighted by molar-refractivity contribution is 5.73. The van der Waals surface area contributed by atoms with E-state index in [0.717, 1.165) is 23.3 Å². The van der Waals surface area contributed by atoms with Gasteiger partial charge in [-0.05, 0) is 23.6 Å². The van der Waals surface area contributed by atoms with Crippen LogP contribution in [0.15, 0.2) is 84.9 Å². The highest BCUT2D eigenvalue weighted by Crippen LogP contribution is 2.34. The minimum Gasteiger partial charge on any atom is -0.496 e. The van der Waals surface area contributed by atoms with E-state index in [4.69, 9.17) is 4.74 Å². The zero-order valence-corrected chi connectivity index (χ0v) is 16.5. The summed E-state index contributed by atoms with van der Waals surface area (Å²) < 4.78 is 5.62. The Morgan fingerprint density at radius 2 is 1.50 bits per heavy atom. The maximum Gasteiger partial charge on any atom is 0.219 e. The van der Waals surface area contributed by atoms with E-state index in [0.29, 0.717) is 13.1 Å². The summed E-state index contributed by atoms with van der Waals surface area (Å²) in [7, 11) is 1.71. The lowest BCUT2D eigenvalue weighted by Crippen LogP contribution is -2.30. The molecular weight excluding hydrogens is 346 g/mol. The van der Waals surface area contributed by atoms with Gasteiger partial charge in [0.05, 0.1) is 7.11 Å². The molecule has 3 nitrogen and oxygen atoms in total. The van der Waals surface area contributed by atoms with Gasteiger partial charge < -0.3 is 9.64 Å². The molecule has 0 saturated carbocycles. The number of hydrogen-bond acceptors (Lipinski definition) is 2. The Kier molecular flexibility index (Phi) is 6.85. The number of rotatable bonds is 8. The SMILES string of the molecule is COc1ccccc1C(CCN(Cc1ccccc1)C(C)=O)c1ccccc1. The zero-order chi connectivity index (χ0) is 19.8. The summed E-state index contributed by atoms with van der Waals surface area (Å²) in [6.07, 6.45) is 0.830. The monoisotopic (exact) mass is 373 g/mol. The van der Waals surface area contributed by atoms with Crippen LogP contribution in [-0.2, 0) is 11.3 Å². The minimum atomic E-state index is 0.0932.